The number of aromatic nitrogens is 4. The Morgan fingerprint density at radius 3 is 2.74 bits per heavy atom. The van der Waals surface area contributed by atoms with Gasteiger partial charge in [0.2, 0.25) is 11.6 Å². The van der Waals surface area contributed by atoms with Gasteiger partial charge in [0.15, 0.2) is 5.16 Å². The van der Waals surface area contributed by atoms with E-state index in [2.05, 4.69) is 15.5 Å². The second-order valence-corrected chi connectivity index (χ2v) is 6.57. The van der Waals surface area contributed by atoms with Crippen molar-refractivity contribution in [3.63, 3.8) is 0 Å². The highest BCUT2D eigenvalue weighted by Gasteiger charge is 2.13. The third-order valence-electron chi connectivity index (χ3n) is 3.85. The lowest BCUT2D eigenvalue weighted by Gasteiger charge is -2.06. The third-order valence-corrected chi connectivity index (χ3v) is 4.79. The van der Waals surface area contributed by atoms with Crippen molar-refractivity contribution in [2.45, 2.75) is 11.7 Å². The second kappa shape index (κ2) is 7.50. The first-order valence-corrected chi connectivity index (χ1v) is 9.14. The summed E-state index contributed by atoms with van der Waals surface area (Å²) in [5.41, 5.74) is 0.685. The smallest absolute Gasteiger partial charge is 0.300 e. The van der Waals surface area contributed by atoms with Crippen molar-refractivity contribution in [3.8, 4) is 5.69 Å². The van der Waals surface area contributed by atoms with E-state index in [0.717, 1.165) is 5.69 Å². The van der Waals surface area contributed by atoms with Gasteiger partial charge < -0.3 is 9.73 Å². The van der Waals surface area contributed by atoms with E-state index in [1.165, 1.54) is 16.3 Å². The number of nitrogens with one attached hydrogen (secondary N) is 1. The molecule has 0 radical (unpaired) electrons. The summed E-state index contributed by atoms with van der Waals surface area (Å²) >= 11 is 1.21. The number of furan rings is 1. The van der Waals surface area contributed by atoms with Crippen LogP contribution in [0.25, 0.3) is 11.3 Å². The van der Waals surface area contributed by atoms with E-state index in [1.807, 2.05) is 30.3 Å². The van der Waals surface area contributed by atoms with Crippen LogP contribution in [-0.4, -0.2) is 30.8 Å². The molecule has 4 rings (SSSR count). The minimum Gasteiger partial charge on any atom is -0.467 e. The van der Waals surface area contributed by atoms with E-state index < -0.39 is 0 Å². The fraction of sp³-hybridized carbons (Fsp3) is 0.111. The van der Waals surface area contributed by atoms with Crippen LogP contribution >= 0.6 is 11.8 Å². The Labute approximate surface area is 157 Å². The van der Waals surface area contributed by atoms with Crippen LogP contribution in [-0.2, 0) is 11.3 Å². The van der Waals surface area contributed by atoms with E-state index in [1.54, 1.807) is 35.2 Å². The molecule has 0 bridgehead atoms. The van der Waals surface area contributed by atoms with E-state index in [-0.39, 0.29) is 22.9 Å². The predicted molar refractivity (Wildman–Crippen MR) is 99.9 cm³/mol. The summed E-state index contributed by atoms with van der Waals surface area (Å²) in [5, 5.41) is 11.3. The predicted octanol–water partition coefficient (Wildman–Crippen LogP) is 1.88. The first-order valence-electron chi connectivity index (χ1n) is 8.16. The van der Waals surface area contributed by atoms with Crippen molar-refractivity contribution in [1.29, 1.82) is 0 Å². The zero-order valence-electron chi connectivity index (χ0n) is 14.1. The van der Waals surface area contributed by atoms with Crippen LogP contribution in [0.3, 0.4) is 0 Å². The molecule has 3 aromatic heterocycles. The highest BCUT2D eigenvalue weighted by Crippen LogP contribution is 2.15. The van der Waals surface area contributed by atoms with Gasteiger partial charge in [-0.15, -0.1) is 10.2 Å². The summed E-state index contributed by atoms with van der Waals surface area (Å²) in [7, 11) is 0. The van der Waals surface area contributed by atoms with Crippen LogP contribution in [0.15, 0.2) is 75.5 Å². The molecule has 0 aliphatic rings. The number of amides is 1. The molecule has 0 atom stereocenters. The fourth-order valence-electron chi connectivity index (χ4n) is 2.54. The number of hydrogen-bond acceptors (Lipinski definition) is 6. The first-order chi connectivity index (χ1) is 13.2. The molecule has 9 heteroatoms. The van der Waals surface area contributed by atoms with Gasteiger partial charge >= 0.3 is 5.56 Å². The van der Waals surface area contributed by atoms with Gasteiger partial charge in [0.1, 0.15) is 5.76 Å². The topological polar surface area (TPSA) is 94.4 Å². The number of benzene rings is 1. The fourth-order valence-corrected chi connectivity index (χ4v) is 3.28. The Hall–Kier alpha value is -3.33. The van der Waals surface area contributed by atoms with Crippen molar-refractivity contribution >= 4 is 23.3 Å². The lowest BCUT2D eigenvalue weighted by molar-refractivity contribution is -0.118. The van der Waals surface area contributed by atoms with E-state index in [0.29, 0.717) is 17.5 Å². The zero-order chi connectivity index (χ0) is 18.6. The number of hydrogen-bond donors (Lipinski definition) is 1. The van der Waals surface area contributed by atoms with Crippen LogP contribution in [0.2, 0.25) is 0 Å². The number of thioether (sulfide) groups is 1. The molecule has 0 spiro atoms. The third kappa shape index (κ3) is 3.63. The molecule has 1 N–H and O–H groups in total. The average molecular weight is 381 g/mol. The number of fused-ring (bicyclic) bond motifs is 1. The first kappa shape index (κ1) is 17.1. The molecular weight excluding hydrogens is 366 g/mol. The molecule has 1 aromatic carbocycles. The van der Waals surface area contributed by atoms with Crippen LogP contribution in [0.5, 0.6) is 0 Å². The van der Waals surface area contributed by atoms with E-state index in [4.69, 9.17) is 4.42 Å². The molecular formula is C18H15N5O3S. The molecule has 0 saturated heterocycles. The molecule has 0 aliphatic heterocycles. The molecule has 3 heterocycles. The van der Waals surface area contributed by atoms with Crippen molar-refractivity contribution in [1.82, 2.24) is 24.5 Å². The monoisotopic (exact) mass is 381 g/mol. The van der Waals surface area contributed by atoms with Crippen LogP contribution in [0.4, 0.5) is 0 Å². The largest absolute Gasteiger partial charge is 0.467 e. The zero-order valence-corrected chi connectivity index (χ0v) is 14.9. The van der Waals surface area contributed by atoms with Crippen LogP contribution in [0, 0.1) is 0 Å². The lowest BCUT2D eigenvalue weighted by atomic mass is 10.3. The Balaban J connectivity index is 1.48. The number of carbonyl (C=O) groups is 1. The molecule has 136 valence electrons. The number of nitrogens with zero attached hydrogens (tertiary/aromatic N) is 4. The lowest BCUT2D eigenvalue weighted by Crippen LogP contribution is -2.24. The van der Waals surface area contributed by atoms with Gasteiger partial charge in [-0.1, -0.05) is 30.0 Å². The number of rotatable bonds is 6. The van der Waals surface area contributed by atoms with Crippen LogP contribution in [0.1, 0.15) is 5.76 Å². The summed E-state index contributed by atoms with van der Waals surface area (Å²) in [4.78, 5) is 24.6. The number of carbonyl (C=O) groups excluding carboxylic acids is 1. The Bertz CT molecular complexity index is 1120. The van der Waals surface area contributed by atoms with Gasteiger partial charge in [0.05, 0.1) is 18.6 Å². The summed E-state index contributed by atoms with van der Waals surface area (Å²) < 4.78 is 8.27. The molecule has 0 saturated carbocycles. The molecule has 0 aliphatic carbocycles. The maximum absolute atomic E-state index is 12.7. The number of para-hydroxylation sites is 1. The highest BCUT2D eigenvalue weighted by molar-refractivity contribution is 7.99. The van der Waals surface area contributed by atoms with Gasteiger partial charge in [-0.2, -0.15) is 0 Å². The Morgan fingerprint density at radius 2 is 1.96 bits per heavy atom. The van der Waals surface area contributed by atoms with Crippen molar-refractivity contribution < 1.29 is 9.21 Å². The van der Waals surface area contributed by atoms with E-state index >= 15 is 0 Å². The molecule has 27 heavy (non-hydrogen) atoms. The summed E-state index contributed by atoms with van der Waals surface area (Å²) in [6.45, 7) is 0.328. The minimum absolute atomic E-state index is 0.156. The molecule has 1 amide bonds. The summed E-state index contributed by atoms with van der Waals surface area (Å²) in [6.07, 6.45) is 4.93. The van der Waals surface area contributed by atoms with Crippen LogP contribution < -0.4 is 10.9 Å². The van der Waals surface area contributed by atoms with Crippen molar-refractivity contribution in [3.05, 3.63) is 77.2 Å². The quantitative estimate of drug-likeness (QED) is 0.513. The molecule has 4 aromatic rings. The van der Waals surface area contributed by atoms with Gasteiger partial charge in [-0.3, -0.25) is 18.6 Å². The molecule has 8 nitrogen and oxygen atoms in total. The van der Waals surface area contributed by atoms with Gasteiger partial charge in [0.25, 0.3) is 0 Å². The summed E-state index contributed by atoms with van der Waals surface area (Å²) in [5.74, 6) is 0.678. The summed E-state index contributed by atoms with van der Waals surface area (Å²) in [6, 6.07) is 12.8. The normalized spacial score (nSPS) is 11.0. The van der Waals surface area contributed by atoms with Gasteiger partial charge in [-0.05, 0) is 24.3 Å². The van der Waals surface area contributed by atoms with Crippen molar-refractivity contribution in [2.75, 3.05) is 5.75 Å². The SMILES string of the molecule is O=C(CSc1nnc2c(=O)n(-c3ccccc3)ccn12)NCc1ccco1. The van der Waals surface area contributed by atoms with Gasteiger partial charge in [-0.25, -0.2) is 0 Å². The Kier molecular flexibility index (Phi) is 4.75. The molecule has 0 fully saturated rings. The molecule has 0 unspecified atom stereocenters. The minimum atomic E-state index is -0.273. The highest BCUT2D eigenvalue weighted by atomic mass is 32.2. The Morgan fingerprint density at radius 1 is 1.11 bits per heavy atom. The second-order valence-electron chi connectivity index (χ2n) is 5.63. The van der Waals surface area contributed by atoms with Gasteiger partial charge in [0, 0.05) is 18.1 Å². The standard InChI is InChI=1S/C18H15N5O3S/c24-15(19-11-14-7-4-10-26-14)12-27-18-21-20-16-17(25)22(8-9-23(16)18)13-5-2-1-3-6-13/h1-10H,11-12H2,(H,19,24). The average Bonchev–Trinajstić information content (AvgIpc) is 3.36. The van der Waals surface area contributed by atoms with E-state index in [9.17, 15) is 9.59 Å². The maximum atomic E-state index is 12.7. The van der Waals surface area contributed by atoms with Crippen molar-refractivity contribution in [2.24, 2.45) is 0 Å². The maximum Gasteiger partial charge on any atom is 0.300 e.